The maximum Gasteiger partial charge on any atom is 0.460 e. The van der Waals surface area contributed by atoms with Crippen molar-refractivity contribution in [2.75, 3.05) is 18.5 Å². The molecule has 1 aliphatic heterocycles. The molecule has 3 amide bonds. The van der Waals surface area contributed by atoms with Crippen LogP contribution in [0.15, 0.2) is 48.5 Å². The summed E-state index contributed by atoms with van der Waals surface area (Å²) >= 11 is 0. The van der Waals surface area contributed by atoms with Gasteiger partial charge < -0.3 is 25.4 Å². The number of likely N-dealkylation sites (N-methyl/N-ethyl adjacent to an activating group) is 1. The van der Waals surface area contributed by atoms with Gasteiger partial charge in [-0.05, 0) is 24.1 Å². The first-order valence-corrected chi connectivity index (χ1v) is 11.8. The molecule has 0 saturated heterocycles. The Kier molecular flexibility index (Phi) is 8.77. The molecule has 1 heterocycles. The number of carbonyl (C=O) groups is 3. The van der Waals surface area contributed by atoms with Crippen molar-refractivity contribution in [3.63, 3.8) is 0 Å². The van der Waals surface area contributed by atoms with E-state index in [1.165, 1.54) is 17.3 Å². The number of hydrogen-bond acceptors (Lipinski definition) is 5. The van der Waals surface area contributed by atoms with E-state index >= 15 is 0 Å². The van der Waals surface area contributed by atoms with Crippen LogP contribution in [-0.4, -0.2) is 72.8 Å². The fourth-order valence-corrected chi connectivity index (χ4v) is 3.99. The second kappa shape index (κ2) is 11.3. The third-order valence-electron chi connectivity index (χ3n) is 6.37. The molecule has 1 unspecified atom stereocenters. The molecule has 230 valence electrons. The minimum Gasteiger partial charge on any atom is -0.436 e. The number of carbonyl (C=O) groups excluding carboxylic acids is 3. The summed E-state index contributed by atoms with van der Waals surface area (Å²) in [6, 6.07) is 12.1. The molecular formula is C25H22F9N3O5. The molecule has 0 aliphatic carbocycles. The molecular weight excluding hydrogens is 593 g/mol. The van der Waals surface area contributed by atoms with Crippen LogP contribution in [-0.2, 0) is 14.3 Å². The highest BCUT2D eigenvalue weighted by Crippen LogP contribution is 2.54. The largest absolute Gasteiger partial charge is 0.460 e. The lowest BCUT2D eigenvalue weighted by Crippen LogP contribution is -2.65. The summed E-state index contributed by atoms with van der Waals surface area (Å²) in [5.74, 6) is -22.4. The number of halogens is 9. The fraction of sp³-hybridized carbons (Fsp3) is 0.400. The van der Waals surface area contributed by atoms with Gasteiger partial charge in [0.25, 0.3) is 11.8 Å². The number of ether oxygens (including phenoxy) is 1. The normalized spacial score (nSPS) is 17.4. The minimum atomic E-state index is -7.24. The number of amides is 3. The molecule has 8 nitrogen and oxygen atoms in total. The Balaban J connectivity index is 1.68. The first-order valence-electron chi connectivity index (χ1n) is 11.8. The van der Waals surface area contributed by atoms with Crippen molar-refractivity contribution < 1.29 is 63.7 Å². The molecule has 2 aromatic rings. The van der Waals surface area contributed by atoms with Crippen LogP contribution in [0, 0.1) is 0 Å². The van der Waals surface area contributed by atoms with Crippen molar-refractivity contribution >= 4 is 23.6 Å². The smallest absolute Gasteiger partial charge is 0.436 e. The molecule has 3 rings (SSSR count). The lowest BCUT2D eigenvalue weighted by Gasteiger charge is -2.35. The van der Waals surface area contributed by atoms with Gasteiger partial charge in [0.2, 0.25) is 0 Å². The highest BCUT2D eigenvalue weighted by Gasteiger charge is 2.83. The second-order valence-electron chi connectivity index (χ2n) is 9.16. The van der Waals surface area contributed by atoms with E-state index in [1.807, 2.05) is 0 Å². The van der Waals surface area contributed by atoms with E-state index in [4.69, 9.17) is 0 Å². The van der Waals surface area contributed by atoms with E-state index in [1.54, 1.807) is 48.5 Å². The number of hydrogen-bond donors (Lipinski definition) is 3. The van der Waals surface area contributed by atoms with Crippen LogP contribution in [0.3, 0.4) is 0 Å². The summed E-state index contributed by atoms with van der Waals surface area (Å²) in [6.07, 6.45) is -14.6. The number of nitrogens with one attached hydrogen (secondary N) is 2. The Bertz CT molecular complexity index is 1350. The van der Waals surface area contributed by atoms with Gasteiger partial charge in [0.1, 0.15) is 12.1 Å². The zero-order valence-corrected chi connectivity index (χ0v) is 21.5. The number of rotatable bonds is 8. The predicted octanol–water partition coefficient (Wildman–Crippen LogP) is 4.43. The zero-order chi connectivity index (χ0) is 31.8. The molecule has 3 N–H and O–H groups in total. The van der Waals surface area contributed by atoms with Crippen LogP contribution in [0.2, 0.25) is 0 Å². The van der Waals surface area contributed by atoms with Crippen LogP contribution in [0.5, 0.6) is 0 Å². The van der Waals surface area contributed by atoms with E-state index in [-0.39, 0.29) is 0 Å². The number of benzene rings is 2. The number of nitrogens with zero attached hydrogens (tertiary/aromatic N) is 1. The number of anilines is 1. The Hall–Kier alpha value is -4.02. The molecule has 42 heavy (non-hydrogen) atoms. The average Bonchev–Trinajstić information content (AvgIpc) is 3.00. The molecule has 3 atom stereocenters. The van der Waals surface area contributed by atoms with E-state index in [0.29, 0.717) is 22.4 Å². The summed E-state index contributed by atoms with van der Waals surface area (Å²) in [4.78, 5) is 39.2. The van der Waals surface area contributed by atoms with Gasteiger partial charge in [0.05, 0.1) is 12.2 Å². The van der Waals surface area contributed by atoms with Gasteiger partial charge in [-0.2, -0.15) is 39.5 Å². The van der Waals surface area contributed by atoms with E-state index in [9.17, 15) is 59.0 Å². The van der Waals surface area contributed by atoms with Gasteiger partial charge >= 0.3 is 30.0 Å². The second-order valence-corrected chi connectivity index (χ2v) is 9.16. The summed E-state index contributed by atoms with van der Waals surface area (Å²) in [6.45, 7) is -1.01. The number of fused-ring (bicyclic) bond motifs is 3. The maximum atomic E-state index is 13.8. The summed E-state index contributed by atoms with van der Waals surface area (Å²) in [5, 5.41) is 12.9. The molecule has 0 aromatic heterocycles. The summed E-state index contributed by atoms with van der Waals surface area (Å²) in [5.41, 5.74) is 2.14. The first-order chi connectivity index (χ1) is 19.3. The van der Waals surface area contributed by atoms with E-state index in [2.05, 4.69) is 10.1 Å². The lowest BCUT2D eigenvalue weighted by molar-refractivity contribution is -0.405. The summed E-state index contributed by atoms with van der Waals surface area (Å²) < 4.78 is 122. The van der Waals surface area contributed by atoms with Crippen LogP contribution < -0.4 is 15.5 Å². The summed E-state index contributed by atoms with van der Waals surface area (Å²) in [7, 11) is 1.45. The van der Waals surface area contributed by atoms with Gasteiger partial charge in [0.15, 0.2) is 6.10 Å². The molecule has 1 aliphatic rings. The Morgan fingerprint density at radius 2 is 1.48 bits per heavy atom. The minimum absolute atomic E-state index is 0.367. The third kappa shape index (κ3) is 5.69. The molecule has 0 bridgehead atoms. The highest BCUT2D eigenvalue weighted by atomic mass is 19.4. The highest BCUT2D eigenvalue weighted by molar-refractivity contribution is 6.06. The predicted molar refractivity (Wildman–Crippen MR) is 127 cm³/mol. The number of aliphatic hydroxyl groups excluding tert-OH is 1. The van der Waals surface area contributed by atoms with Crippen molar-refractivity contribution in [1.82, 2.24) is 10.6 Å². The van der Waals surface area contributed by atoms with Crippen molar-refractivity contribution in [2.24, 2.45) is 0 Å². The van der Waals surface area contributed by atoms with Crippen molar-refractivity contribution in [3.05, 3.63) is 54.1 Å². The molecule has 0 radical (unpaired) electrons. The molecule has 0 fully saturated rings. The Morgan fingerprint density at radius 1 is 0.929 bits per heavy atom. The van der Waals surface area contributed by atoms with Gasteiger partial charge in [-0.25, -0.2) is 4.79 Å². The third-order valence-corrected chi connectivity index (χ3v) is 6.37. The van der Waals surface area contributed by atoms with Crippen molar-refractivity contribution in [1.29, 1.82) is 0 Å². The number of alkyl halides is 9. The average molecular weight is 615 g/mol. The van der Waals surface area contributed by atoms with Crippen molar-refractivity contribution in [3.8, 4) is 11.1 Å². The van der Waals surface area contributed by atoms with Crippen LogP contribution in [0.1, 0.15) is 18.5 Å². The van der Waals surface area contributed by atoms with Gasteiger partial charge in [-0.1, -0.05) is 42.5 Å². The molecule has 0 spiro atoms. The number of aliphatic hydroxyl groups is 1. The van der Waals surface area contributed by atoms with Crippen LogP contribution >= 0.6 is 0 Å². The molecule has 17 heteroatoms. The van der Waals surface area contributed by atoms with E-state index in [0.717, 1.165) is 6.92 Å². The lowest BCUT2D eigenvalue weighted by atomic mass is 9.95. The van der Waals surface area contributed by atoms with Gasteiger partial charge in [-0.3, -0.25) is 9.59 Å². The van der Waals surface area contributed by atoms with Gasteiger partial charge in [0, 0.05) is 12.6 Å². The standard InChI is InChI=1S/C25H22F9N3O5/c1-12(42-21(41)35-11-17(38)22(26,27)23(28,29)24(30,31)25(32,33)34)19(39)36-18-15-9-4-3-7-13(15)14-8-5-6-10-16(14)37(2)20(18)40/h3-10,12,17-18,38H,11H2,1-2H3,(H,35,41)(H,36,39)/t12-,17?,18-/m0/s1. The Morgan fingerprint density at radius 3 is 2.07 bits per heavy atom. The monoisotopic (exact) mass is 615 g/mol. The van der Waals surface area contributed by atoms with Crippen molar-refractivity contribution in [2.45, 2.75) is 49.1 Å². The number of alkyl carbamates (subject to hydrolysis) is 1. The topological polar surface area (TPSA) is 108 Å². The Labute approximate surface area is 231 Å². The molecule has 2 aromatic carbocycles. The zero-order valence-electron chi connectivity index (χ0n) is 21.5. The van der Waals surface area contributed by atoms with Crippen LogP contribution in [0.4, 0.5) is 50.0 Å². The fourth-order valence-electron chi connectivity index (χ4n) is 3.99. The van der Waals surface area contributed by atoms with Gasteiger partial charge in [-0.15, -0.1) is 0 Å². The van der Waals surface area contributed by atoms with E-state index < -0.39 is 66.6 Å². The SMILES string of the molecule is C[C@H](OC(=O)NCC(O)C(F)(F)C(F)(F)C(F)(F)C(F)(F)F)C(=O)N[C@@H]1C(=O)N(C)c2ccccc2-c2ccccc21. The first kappa shape index (κ1) is 32.5. The quantitative estimate of drug-likeness (QED) is 0.381. The maximum absolute atomic E-state index is 13.8. The number of para-hydroxylation sites is 1. The molecule has 0 saturated carbocycles. The van der Waals surface area contributed by atoms with Crippen LogP contribution in [0.25, 0.3) is 11.1 Å².